The predicted molar refractivity (Wildman–Crippen MR) is 128 cm³/mol. The first-order valence-electron chi connectivity index (χ1n) is 9.44. The summed E-state index contributed by atoms with van der Waals surface area (Å²) >= 11 is 7.05. The second-order valence-corrected chi connectivity index (χ2v) is 10.3. The van der Waals surface area contributed by atoms with Gasteiger partial charge < -0.3 is 15.0 Å². The summed E-state index contributed by atoms with van der Waals surface area (Å²) in [5, 5.41) is 5.03. The Balaban J connectivity index is 1.76. The smallest absolute Gasteiger partial charge is 0.262 e. The molecule has 0 aliphatic carbocycles. The molecule has 0 atom stereocenters. The molecule has 1 fully saturated rings. The van der Waals surface area contributed by atoms with E-state index in [2.05, 4.69) is 46.8 Å². The van der Waals surface area contributed by atoms with Gasteiger partial charge in [0.15, 0.2) is 0 Å². The minimum absolute atomic E-state index is 0.190. The Morgan fingerprint density at radius 3 is 2.40 bits per heavy atom. The Bertz CT molecular complexity index is 1200. The van der Waals surface area contributed by atoms with Gasteiger partial charge in [0, 0.05) is 40.5 Å². The highest BCUT2D eigenvalue weighted by atomic mass is 79.9. The third-order valence-corrected chi connectivity index (χ3v) is 7.73. The van der Waals surface area contributed by atoms with Crippen LogP contribution in [-0.2, 0) is 10.0 Å². The van der Waals surface area contributed by atoms with E-state index in [4.69, 9.17) is 4.74 Å². The summed E-state index contributed by atoms with van der Waals surface area (Å²) in [7, 11) is -2.22. The minimum atomic E-state index is -3.82. The normalized spacial score (nSPS) is 14.7. The van der Waals surface area contributed by atoms with Crippen molar-refractivity contribution in [1.82, 2.24) is 5.32 Å². The number of piperazine rings is 1. The molecule has 0 unspecified atom stereocenters. The number of methoxy groups -OCH3 is 1. The van der Waals surface area contributed by atoms with Gasteiger partial charge in [-0.15, -0.1) is 0 Å². The molecule has 1 heterocycles. The fourth-order valence-electron chi connectivity index (χ4n) is 3.59. The highest BCUT2D eigenvalue weighted by molar-refractivity contribution is 9.11. The van der Waals surface area contributed by atoms with Crippen molar-refractivity contribution >= 4 is 64.0 Å². The van der Waals surface area contributed by atoms with E-state index >= 15 is 0 Å². The standard InChI is InChI=1S/C21H21Br2N3O3S/c1-29-20-7-6-14(12-19(20)26-10-8-24-9-11-26)30(27,28)25-21-16-5-3-2-4-15(16)17(22)13-18(21)23/h2-7,12-13,24-25H,8-11H2,1H3. The summed E-state index contributed by atoms with van der Waals surface area (Å²) < 4.78 is 36.4. The number of fused-ring (bicyclic) bond motifs is 1. The van der Waals surface area contributed by atoms with Crippen LogP contribution in [-0.4, -0.2) is 41.7 Å². The lowest BCUT2D eigenvalue weighted by atomic mass is 10.1. The molecule has 0 amide bonds. The van der Waals surface area contributed by atoms with Crippen LogP contribution >= 0.6 is 31.9 Å². The van der Waals surface area contributed by atoms with Crippen LogP contribution in [0.5, 0.6) is 5.75 Å². The molecule has 6 nitrogen and oxygen atoms in total. The molecule has 0 spiro atoms. The number of sulfonamides is 1. The molecule has 0 aromatic heterocycles. The van der Waals surface area contributed by atoms with Crippen molar-refractivity contribution in [2.24, 2.45) is 0 Å². The minimum Gasteiger partial charge on any atom is -0.495 e. The van der Waals surface area contributed by atoms with Crippen LogP contribution in [0.1, 0.15) is 0 Å². The third kappa shape index (κ3) is 4.16. The molecule has 0 saturated carbocycles. The number of hydrogen-bond acceptors (Lipinski definition) is 5. The van der Waals surface area contributed by atoms with Gasteiger partial charge in [0.05, 0.1) is 23.4 Å². The Kier molecular flexibility index (Phi) is 6.24. The number of benzene rings is 3. The van der Waals surface area contributed by atoms with Crippen molar-refractivity contribution in [1.29, 1.82) is 0 Å². The van der Waals surface area contributed by atoms with Crippen molar-refractivity contribution in [3.05, 3.63) is 57.5 Å². The van der Waals surface area contributed by atoms with E-state index in [1.165, 1.54) is 0 Å². The average molecular weight is 555 g/mol. The van der Waals surface area contributed by atoms with Crippen molar-refractivity contribution in [2.45, 2.75) is 4.90 Å². The molecule has 158 valence electrons. The highest BCUT2D eigenvalue weighted by Gasteiger charge is 2.22. The second-order valence-electron chi connectivity index (χ2n) is 6.94. The fourth-order valence-corrected chi connectivity index (χ4v) is 6.26. The van der Waals surface area contributed by atoms with Crippen molar-refractivity contribution in [3.8, 4) is 5.75 Å². The molecule has 1 aliphatic rings. The number of nitrogens with one attached hydrogen (secondary N) is 2. The molecule has 0 bridgehead atoms. The van der Waals surface area contributed by atoms with Gasteiger partial charge in [0.2, 0.25) is 0 Å². The molecule has 0 radical (unpaired) electrons. The first-order valence-corrected chi connectivity index (χ1v) is 12.5. The second kappa shape index (κ2) is 8.74. The molecule has 3 aromatic carbocycles. The summed E-state index contributed by atoms with van der Waals surface area (Å²) in [5.74, 6) is 0.658. The maximum Gasteiger partial charge on any atom is 0.262 e. The molecular weight excluding hydrogens is 534 g/mol. The van der Waals surface area contributed by atoms with Gasteiger partial charge >= 0.3 is 0 Å². The lowest BCUT2D eigenvalue weighted by Crippen LogP contribution is -2.43. The highest BCUT2D eigenvalue weighted by Crippen LogP contribution is 2.38. The van der Waals surface area contributed by atoms with Crippen molar-refractivity contribution in [3.63, 3.8) is 0 Å². The van der Waals surface area contributed by atoms with Gasteiger partial charge in [-0.25, -0.2) is 8.42 Å². The van der Waals surface area contributed by atoms with Gasteiger partial charge in [-0.2, -0.15) is 0 Å². The summed E-state index contributed by atoms with van der Waals surface area (Å²) in [6, 6.07) is 14.4. The van der Waals surface area contributed by atoms with Gasteiger partial charge in [-0.05, 0) is 45.6 Å². The topological polar surface area (TPSA) is 70.7 Å². The SMILES string of the molecule is COc1ccc(S(=O)(=O)Nc2c(Br)cc(Br)c3ccccc23)cc1N1CCNCC1. The predicted octanol–water partition coefficient (Wildman–Crippen LogP) is 4.58. The van der Waals surface area contributed by atoms with E-state index < -0.39 is 10.0 Å². The average Bonchev–Trinajstić information content (AvgIpc) is 2.77. The molecule has 2 N–H and O–H groups in total. The van der Waals surface area contributed by atoms with Gasteiger partial charge in [0.1, 0.15) is 5.75 Å². The third-order valence-electron chi connectivity index (χ3n) is 5.10. The molecule has 9 heteroatoms. The quantitative estimate of drug-likeness (QED) is 0.483. The molecule has 3 aromatic rings. The maximum atomic E-state index is 13.3. The number of ether oxygens (including phenoxy) is 1. The first-order chi connectivity index (χ1) is 14.4. The molecule has 1 saturated heterocycles. The lowest BCUT2D eigenvalue weighted by Gasteiger charge is -2.30. The Labute approximate surface area is 192 Å². The molecule has 30 heavy (non-hydrogen) atoms. The zero-order valence-electron chi connectivity index (χ0n) is 16.3. The number of anilines is 2. The van der Waals surface area contributed by atoms with E-state index in [0.717, 1.165) is 47.1 Å². The van der Waals surface area contributed by atoms with E-state index in [9.17, 15) is 8.42 Å². The van der Waals surface area contributed by atoms with Crippen LogP contribution in [0.15, 0.2) is 62.4 Å². The zero-order chi connectivity index (χ0) is 21.3. The number of halogens is 2. The van der Waals surface area contributed by atoms with E-state index in [0.29, 0.717) is 15.9 Å². The molecule has 1 aliphatic heterocycles. The number of hydrogen-bond donors (Lipinski definition) is 2. The Morgan fingerprint density at radius 1 is 1.00 bits per heavy atom. The van der Waals surface area contributed by atoms with Gasteiger partial charge in [-0.3, -0.25) is 4.72 Å². The van der Waals surface area contributed by atoms with Crippen LogP contribution < -0.4 is 19.7 Å². The van der Waals surface area contributed by atoms with Crippen molar-refractivity contribution < 1.29 is 13.2 Å². The van der Waals surface area contributed by atoms with Crippen LogP contribution in [0, 0.1) is 0 Å². The fraction of sp³-hybridized carbons (Fsp3) is 0.238. The maximum absolute atomic E-state index is 13.3. The summed E-state index contributed by atoms with van der Waals surface area (Å²) in [6.45, 7) is 3.26. The Hall–Kier alpha value is -1.81. The van der Waals surface area contributed by atoms with Crippen molar-refractivity contribution in [2.75, 3.05) is 42.9 Å². The Morgan fingerprint density at radius 2 is 1.70 bits per heavy atom. The van der Waals surface area contributed by atoms with Crippen LogP contribution in [0.25, 0.3) is 10.8 Å². The van der Waals surface area contributed by atoms with Crippen LogP contribution in [0.4, 0.5) is 11.4 Å². The monoisotopic (exact) mass is 553 g/mol. The van der Waals surface area contributed by atoms with E-state index in [1.807, 2.05) is 30.3 Å². The van der Waals surface area contributed by atoms with E-state index in [-0.39, 0.29) is 4.90 Å². The number of nitrogens with zero attached hydrogens (tertiary/aromatic N) is 1. The largest absolute Gasteiger partial charge is 0.495 e. The van der Waals surface area contributed by atoms with Crippen LogP contribution in [0.2, 0.25) is 0 Å². The first kappa shape index (κ1) is 21.4. The zero-order valence-corrected chi connectivity index (χ0v) is 20.3. The summed E-state index contributed by atoms with van der Waals surface area (Å²) in [4.78, 5) is 2.33. The summed E-state index contributed by atoms with van der Waals surface area (Å²) in [5.41, 5.74) is 1.29. The van der Waals surface area contributed by atoms with Gasteiger partial charge in [0.25, 0.3) is 10.0 Å². The summed E-state index contributed by atoms with van der Waals surface area (Å²) in [6.07, 6.45) is 0. The molecular formula is C21H21Br2N3O3S. The van der Waals surface area contributed by atoms with Gasteiger partial charge in [-0.1, -0.05) is 40.2 Å². The number of rotatable bonds is 5. The van der Waals surface area contributed by atoms with E-state index in [1.54, 1.807) is 25.3 Å². The molecule has 4 rings (SSSR count). The van der Waals surface area contributed by atoms with Crippen LogP contribution in [0.3, 0.4) is 0 Å². The lowest BCUT2D eigenvalue weighted by molar-refractivity contribution is 0.412.